The second-order valence-corrected chi connectivity index (χ2v) is 4.84. The number of hydrogen-bond acceptors (Lipinski definition) is 4. The van der Waals surface area contributed by atoms with Gasteiger partial charge in [0.2, 0.25) is 5.91 Å². The second-order valence-electron chi connectivity index (χ2n) is 4.84. The Balaban J connectivity index is 0.00000200. The first-order valence-corrected chi connectivity index (χ1v) is 6.20. The number of carbonyl (C=O) groups excluding carboxylic acids is 1. The largest absolute Gasteiger partial charge is 0.361 e. The molecule has 0 radical (unpaired) electrons. The van der Waals surface area contributed by atoms with Gasteiger partial charge < -0.3 is 9.84 Å². The van der Waals surface area contributed by atoms with Crippen LogP contribution in [0.15, 0.2) is 4.52 Å². The lowest BCUT2D eigenvalue weighted by Gasteiger charge is -2.11. The summed E-state index contributed by atoms with van der Waals surface area (Å²) in [4.78, 5) is 11.7. The summed E-state index contributed by atoms with van der Waals surface area (Å²) in [6.45, 7) is 3.57. The smallest absolute Gasteiger partial charge is 0.262 e. The van der Waals surface area contributed by atoms with Crippen LogP contribution in [0.3, 0.4) is 0 Å². The van der Waals surface area contributed by atoms with E-state index in [1.54, 1.807) is 6.92 Å². The molecular weight excluding hydrogens is 292 g/mol. The van der Waals surface area contributed by atoms with Crippen LogP contribution >= 0.6 is 12.4 Å². The van der Waals surface area contributed by atoms with E-state index in [4.69, 9.17) is 4.52 Å². The molecule has 5 nitrogen and oxygen atoms in total. The average Bonchev–Trinajstić information content (AvgIpc) is 2.85. The van der Waals surface area contributed by atoms with Gasteiger partial charge in [-0.25, -0.2) is 8.78 Å². The number of halogens is 3. The van der Waals surface area contributed by atoms with Gasteiger partial charge in [-0.05, 0) is 20.3 Å². The molecule has 0 bridgehead atoms. The Morgan fingerprint density at radius 2 is 2.25 bits per heavy atom. The van der Waals surface area contributed by atoms with Crippen molar-refractivity contribution in [2.75, 3.05) is 13.1 Å². The predicted molar refractivity (Wildman–Crippen MR) is 71.3 cm³/mol. The topological polar surface area (TPSA) is 67.2 Å². The summed E-state index contributed by atoms with van der Waals surface area (Å²) in [6, 6.07) is -0.806. The maximum atomic E-state index is 12.9. The first-order valence-electron chi connectivity index (χ1n) is 6.20. The molecule has 2 heterocycles. The number of aryl methyl sites for hydroxylation is 2. The number of carbonyl (C=O) groups is 1. The molecule has 0 aliphatic carbocycles. The lowest BCUT2D eigenvalue weighted by atomic mass is 10.1. The lowest BCUT2D eigenvalue weighted by Crippen LogP contribution is -2.41. The molecule has 1 fully saturated rings. The summed E-state index contributed by atoms with van der Waals surface area (Å²) in [5.41, 5.74) is 1.74. The van der Waals surface area contributed by atoms with Gasteiger partial charge in [0, 0.05) is 18.5 Å². The molecule has 1 aliphatic heterocycles. The average molecular weight is 310 g/mol. The van der Waals surface area contributed by atoms with Crippen molar-refractivity contribution < 1.29 is 18.1 Å². The van der Waals surface area contributed by atoms with Crippen molar-refractivity contribution in [3.8, 4) is 0 Å². The molecular formula is C12H18ClF2N3O2. The summed E-state index contributed by atoms with van der Waals surface area (Å²) in [7, 11) is 0. The third-order valence-corrected chi connectivity index (χ3v) is 3.28. The van der Waals surface area contributed by atoms with Gasteiger partial charge in [-0.15, -0.1) is 12.4 Å². The number of aromatic nitrogens is 1. The van der Waals surface area contributed by atoms with E-state index in [1.165, 1.54) is 0 Å². The van der Waals surface area contributed by atoms with Crippen LogP contribution in [-0.2, 0) is 11.2 Å². The van der Waals surface area contributed by atoms with E-state index < -0.39 is 24.9 Å². The van der Waals surface area contributed by atoms with Crippen LogP contribution in [-0.4, -0.2) is 36.1 Å². The van der Waals surface area contributed by atoms with E-state index >= 15 is 0 Å². The Hall–Kier alpha value is -1.21. The zero-order valence-electron chi connectivity index (χ0n) is 11.3. The van der Waals surface area contributed by atoms with Crippen LogP contribution in [0.1, 0.15) is 23.4 Å². The fourth-order valence-corrected chi connectivity index (χ4v) is 2.19. The first kappa shape index (κ1) is 16.8. The summed E-state index contributed by atoms with van der Waals surface area (Å²) in [5.74, 6) is -2.45. The second kappa shape index (κ2) is 6.49. The van der Waals surface area contributed by atoms with E-state index in [1.807, 2.05) is 6.92 Å². The lowest BCUT2D eigenvalue weighted by molar-refractivity contribution is -0.123. The Morgan fingerprint density at radius 3 is 2.75 bits per heavy atom. The van der Waals surface area contributed by atoms with Crippen molar-refractivity contribution in [1.82, 2.24) is 15.8 Å². The van der Waals surface area contributed by atoms with Crippen molar-refractivity contribution in [3.63, 3.8) is 0 Å². The summed E-state index contributed by atoms with van der Waals surface area (Å²) < 4.78 is 30.9. The standard InChI is InChI=1S/C12H17F2N3O2.ClH/c1-7-9(8(2)19-17-7)3-4-15-11(18)10-5-12(13,14)6-16-10;/h10,16H,3-6H2,1-2H3,(H,15,18);1H. The molecule has 0 saturated carbocycles. The Morgan fingerprint density at radius 1 is 1.55 bits per heavy atom. The van der Waals surface area contributed by atoms with Gasteiger partial charge in [-0.3, -0.25) is 10.1 Å². The quantitative estimate of drug-likeness (QED) is 0.881. The molecule has 1 amide bonds. The highest BCUT2D eigenvalue weighted by Crippen LogP contribution is 2.25. The molecule has 1 saturated heterocycles. The number of alkyl halides is 2. The van der Waals surface area contributed by atoms with Crippen LogP contribution in [0.5, 0.6) is 0 Å². The highest BCUT2D eigenvalue weighted by Gasteiger charge is 2.42. The number of rotatable bonds is 4. The Bertz CT molecular complexity index is 460. The summed E-state index contributed by atoms with van der Waals surface area (Å²) in [6.07, 6.45) is 0.139. The fraction of sp³-hybridized carbons (Fsp3) is 0.667. The minimum absolute atomic E-state index is 0. The van der Waals surface area contributed by atoms with Gasteiger partial charge in [-0.1, -0.05) is 5.16 Å². The van der Waals surface area contributed by atoms with E-state index in [0.29, 0.717) is 13.0 Å². The molecule has 1 aliphatic rings. The highest BCUT2D eigenvalue weighted by atomic mass is 35.5. The SMILES string of the molecule is Cc1noc(C)c1CCNC(=O)C1CC(F)(F)CN1.Cl. The first-order chi connectivity index (χ1) is 8.89. The minimum Gasteiger partial charge on any atom is -0.361 e. The molecule has 1 atom stereocenters. The van der Waals surface area contributed by atoms with Crippen molar-refractivity contribution in [3.05, 3.63) is 17.0 Å². The predicted octanol–water partition coefficient (Wildman–Crippen LogP) is 1.37. The fourth-order valence-electron chi connectivity index (χ4n) is 2.19. The molecule has 8 heteroatoms. The van der Waals surface area contributed by atoms with Gasteiger partial charge in [0.1, 0.15) is 5.76 Å². The van der Waals surface area contributed by atoms with Gasteiger partial charge in [-0.2, -0.15) is 0 Å². The molecule has 1 aromatic rings. The highest BCUT2D eigenvalue weighted by molar-refractivity contribution is 5.85. The van der Waals surface area contributed by atoms with Crippen LogP contribution in [0.25, 0.3) is 0 Å². The van der Waals surface area contributed by atoms with Crippen molar-refractivity contribution in [2.45, 2.75) is 38.7 Å². The maximum Gasteiger partial charge on any atom is 0.262 e. The van der Waals surface area contributed by atoms with Crippen molar-refractivity contribution in [1.29, 1.82) is 0 Å². The molecule has 1 aromatic heterocycles. The molecule has 114 valence electrons. The van der Waals surface area contributed by atoms with Crippen LogP contribution in [0, 0.1) is 13.8 Å². The monoisotopic (exact) mass is 309 g/mol. The van der Waals surface area contributed by atoms with Crippen molar-refractivity contribution in [2.24, 2.45) is 0 Å². The Kier molecular flexibility index (Phi) is 5.47. The minimum atomic E-state index is -2.79. The zero-order valence-corrected chi connectivity index (χ0v) is 12.2. The van der Waals surface area contributed by atoms with Crippen molar-refractivity contribution >= 4 is 18.3 Å². The van der Waals surface area contributed by atoms with Crippen LogP contribution in [0.4, 0.5) is 8.78 Å². The normalized spacial score (nSPS) is 20.5. The van der Waals surface area contributed by atoms with Gasteiger partial charge >= 0.3 is 0 Å². The van der Waals surface area contributed by atoms with Gasteiger partial charge in [0.25, 0.3) is 5.92 Å². The molecule has 0 spiro atoms. The molecule has 2 N–H and O–H groups in total. The van der Waals surface area contributed by atoms with E-state index in [2.05, 4.69) is 15.8 Å². The number of hydrogen-bond donors (Lipinski definition) is 2. The third kappa shape index (κ3) is 3.89. The molecule has 2 rings (SSSR count). The number of nitrogens with one attached hydrogen (secondary N) is 2. The Labute approximate surface area is 121 Å². The van der Waals surface area contributed by atoms with Crippen LogP contribution in [0.2, 0.25) is 0 Å². The number of amides is 1. The maximum absolute atomic E-state index is 12.9. The van der Waals surface area contributed by atoms with E-state index in [0.717, 1.165) is 17.0 Å². The molecule has 1 unspecified atom stereocenters. The van der Waals surface area contributed by atoms with Gasteiger partial charge in [0.15, 0.2) is 0 Å². The van der Waals surface area contributed by atoms with E-state index in [-0.39, 0.29) is 18.3 Å². The molecule has 20 heavy (non-hydrogen) atoms. The molecule has 0 aromatic carbocycles. The third-order valence-electron chi connectivity index (χ3n) is 3.28. The number of nitrogens with zero attached hydrogens (tertiary/aromatic N) is 1. The van der Waals surface area contributed by atoms with Gasteiger partial charge in [0.05, 0.1) is 18.3 Å². The summed E-state index contributed by atoms with van der Waals surface area (Å²) in [5, 5.41) is 8.98. The summed E-state index contributed by atoms with van der Waals surface area (Å²) >= 11 is 0. The van der Waals surface area contributed by atoms with E-state index in [9.17, 15) is 13.6 Å². The zero-order chi connectivity index (χ0) is 14.0. The van der Waals surface area contributed by atoms with Crippen LogP contribution < -0.4 is 10.6 Å².